The van der Waals surface area contributed by atoms with E-state index in [0.717, 1.165) is 0 Å². The molecule has 0 saturated carbocycles. The smallest absolute Gasteiger partial charge is 0.168 e. The molecule has 0 aliphatic rings. The number of benzene rings is 1. The summed E-state index contributed by atoms with van der Waals surface area (Å²) in [6.07, 6.45) is -0.606. The molecule has 0 unspecified atom stereocenters. The second kappa shape index (κ2) is 3.84. The lowest BCUT2D eigenvalue weighted by Gasteiger charge is -2.05. The summed E-state index contributed by atoms with van der Waals surface area (Å²) < 4.78 is 17.3. The molecule has 0 heterocycles. The Morgan fingerprint density at radius 1 is 1.42 bits per heavy atom. The molecule has 0 bridgehead atoms. The van der Waals surface area contributed by atoms with E-state index in [1.54, 1.807) is 0 Å². The predicted octanol–water partition coefficient (Wildman–Crippen LogP) is 2.04. The van der Waals surface area contributed by atoms with Crippen molar-refractivity contribution in [1.29, 1.82) is 5.26 Å². The first-order chi connectivity index (χ1) is 5.77. The van der Waals surface area contributed by atoms with Crippen LogP contribution in [0.15, 0.2) is 24.3 Å². The highest BCUT2D eigenvalue weighted by atomic mass is 19.1. The SMILES string of the molecule is CO[C@H](C#N)c1ccc(F)cc1. The van der Waals surface area contributed by atoms with Gasteiger partial charge in [0.05, 0.1) is 6.07 Å². The maximum absolute atomic E-state index is 12.4. The maximum atomic E-state index is 12.4. The minimum Gasteiger partial charge on any atom is -0.362 e. The number of rotatable bonds is 2. The molecule has 0 amide bonds. The van der Waals surface area contributed by atoms with Crippen LogP contribution >= 0.6 is 0 Å². The molecule has 0 radical (unpaired) electrons. The highest BCUT2D eigenvalue weighted by Gasteiger charge is 2.07. The van der Waals surface area contributed by atoms with Gasteiger partial charge in [0.25, 0.3) is 0 Å². The van der Waals surface area contributed by atoms with Crippen LogP contribution in [0.5, 0.6) is 0 Å². The summed E-state index contributed by atoms with van der Waals surface area (Å²) in [6.45, 7) is 0. The fourth-order valence-corrected chi connectivity index (χ4v) is 0.901. The van der Waals surface area contributed by atoms with Gasteiger partial charge in [-0.05, 0) is 17.7 Å². The van der Waals surface area contributed by atoms with E-state index in [1.807, 2.05) is 6.07 Å². The molecule has 0 aromatic heterocycles. The van der Waals surface area contributed by atoms with E-state index in [0.29, 0.717) is 5.56 Å². The molecule has 0 N–H and O–H groups in total. The lowest BCUT2D eigenvalue weighted by molar-refractivity contribution is 0.148. The van der Waals surface area contributed by atoms with Crippen LogP contribution in [0.3, 0.4) is 0 Å². The van der Waals surface area contributed by atoms with Gasteiger partial charge in [0, 0.05) is 7.11 Å². The number of halogens is 1. The van der Waals surface area contributed by atoms with E-state index < -0.39 is 6.10 Å². The molecule has 1 rings (SSSR count). The number of nitriles is 1. The summed E-state index contributed by atoms with van der Waals surface area (Å²) >= 11 is 0. The van der Waals surface area contributed by atoms with Crippen LogP contribution < -0.4 is 0 Å². The Labute approximate surface area is 70.2 Å². The maximum Gasteiger partial charge on any atom is 0.168 e. The van der Waals surface area contributed by atoms with Crippen LogP contribution in [-0.4, -0.2) is 7.11 Å². The molecule has 12 heavy (non-hydrogen) atoms. The molecular weight excluding hydrogens is 157 g/mol. The van der Waals surface area contributed by atoms with Crippen molar-refractivity contribution < 1.29 is 9.13 Å². The number of hydrogen-bond acceptors (Lipinski definition) is 2. The second-order valence-electron chi connectivity index (χ2n) is 2.30. The third kappa shape index (κ3) is 1.80. The monoisotopic (exact) mass is 165 g/mol. The summed E-state index contributed by atoms with van der Waals surface area (Å²) in [7, 11) is 1.44. The van der Waals surface area contributed by atoms with E-state index in [9.17, 15) is 4.39 Å². The zero-order valence-corrected chi connectivity index (χ0v) is 6.62. The topological polar surface area (TPSA) is 33.0 Å². The minimum atomic E-state index is -0.606. The third-order valence-corrected chi connectivity index (χ3v) is 1.53. The van der Waals surface area contributed by atoms with E-state index in [1.165, 1.54) is 31.4 Å². The van der Waals surface area contributed by atoms with Crippen molar-refractivity contribution in [2.24, 2.45) is 0 Å². The highest BCUT2D eigenvalue weighted by molar-refractivity contribution is 5.22. The fourth-order valence-electron chi connectivity index (χ4n) is 0.901. The Bertz CT molecular complexity index is 288. The Kier molecular flexibility index (Phi) is 2.78. The van der Waals surface area contributed by atoms with E-state index in [-0.39, 0.29) is 5.82 Å². The van der Waals surface area contributed by atoms with E-state index in [2.05, 4.69) is 0 Å². The molecular formula is C9H8FNO. The summed E-state index contributed by atoms with van der Waals surface area (Å²) in [6, 6.07) is 7.62. The van der Waals surface area contributed by atoms with Crippen LogP contribution in [0.1, 0.15) is 11.7 Å². The summed E-state index contributed by atoms with van der Waals surface area (Å²) in [5.41, 5.74) is 0.668. The quantitative estimate of drug-likeness (QED) is 0.671. The van der Waals surface area contributed by atoms with Crippen LogP contribution in [0.2, 0.25) is 0 Å². The molecule has 1 aromatic carbocycles. The zero-order valence-electron chi connectivity index (χ0n) is 6.62. The molecule has 0 aliphatic heterocycles. The summed E-state index contributed by atoms with van der Waals surface area (Å²) in [5.74, 6) is -0.313. The van der Waals surface area contributed by atoms with Gasteiger partial charge in [0.2, 0.25) is 0 Å². The van der Waals surface area contributed by atoms with Gasteiger partial charge in [-0.15, -0.1) is 0 Å². The Morgan fingerprint density at radius 3 is 2.42 bits per heavy atom. The second-order valence-corrected chi connectivity index (χ2v) is 2.30. The molecule has 0 spiro atoms. The highest BCUT2D eigenvalue weighted by Crippen LogP contribution is 2.15. The number of methoxy groups -OCH3 is 1. The van der Waals surface area contributed by atoms with Crippen molar-refractivity contribution >= 4 is 0 Å². The fraction of sp³-hybridized carbons (Fsp3) is 0.222. The number of ether oxygens (including phenoxy) is 1. The molecule has 0 fully saturated rings. The van der Waals surface area contributed by atoms with Crippen molar-refractivity contribution in [2.45, 2.75) is 6.10 Å². The van der Waals surface area contributed by atoms with Crippen molar-refractivity contribution in [3.8, 4) is 6.07 Å². The summed E-state index contributed by atoms with van der Waals surface area (Å²) in [4.78, 5) is 0. The molecule has 1 atom stereocenters. The Hall–Kier alpha value is -1.40. The van der Waals surface area contributed by atoms with Crippen LogP contribution in [-0.2, 0) is 4.74 Å². The normalized spacial score (nSPS) is 12.1. The third-order valence-electron chi connectivity index (χ3n) is 1.53. The largest absolute Gasteiger partial charge is 0.362 e. The summed E-state index contributed by atoms with van der Waals surface area (Å²) in [5, 5.41) is 8.58. The lowest BCUT2D eigenvalue weighted by Crippen LogP contribution is -1.97. The number of nitrogens with zero attached hydrogens (tertiary/aromatic N) is 1. The Morgan fingerprint density at radius 2 is 2.00 bits per heavy atom. The molecule has 3 heteroatoms. The van der Waals surface area contributed by atoms with Crippen molar-refractivity contribution in [1.82, 2.24) is 0 Å². The Balaban J connectivity index is 2.89. The van der Waals surface area contributed by atoms with Gasteiger partial charge in [0.15, 0.2) is 6.10 Å². The van der Waals surface area contributed by atoms with Gasteiger partial charge in [-0.1, -0.05) is 12.1 Å². The van der Waals surface area contributed by atoms with Crippen molar-refractivity contribution in [3.63, 3.8) is 0 Å². The molecule has 0 saturated heterocycles. The predicted molar refractivity (Wildman–Crippen MR) is 41.8 cm³/mol. The average molecular weight is 165 g/mol. The van der Waals surface area contributed by atoms with Gasteiger partial charge >= 0.3 is 0 Å². The van der Waals surface area contributed by atoms with Crippen LogP contribution in [0.25, 0.3) is 0 Å². The van der Waals surface area contributed by atoms with Gasteiger partial charge in [0.1, 0.15) is 5.82 Å². The van der Waals surface area contributed by atoms with Gasteiger partial charge in [-0.25, -0.2) is 4.39 Å². The van der Waals surface area contributed by atoms with Gasteiger partial charge in [-0.2, -0.15) is 5.26 Å². The molecule has 1 aromatic rings. The number of hydrogen-bond donors (Lipinski definition) is 0. The van der Waals surface area contributed by atoms with Crippen molar-refractivity contribution in [3.05, 3.63) is 35.6 Å². The molecule has 62 valence electrons. The minimum absolute atomic E-state index is 0.313. The zero-order chi connectivity index (χ0) is 8.97. The standard InChI is InChI=1S/C9H8FNO/c1-12-9(6-11)7-2-4-8(10)5-3-7/h2-5,9H,1H3/t9-/m1/s1. The molecule has 0 aliphatic carbocycles. The van der Waals surface area contributed by atoms with E-state index >= 15 is 0 Å². The van der Waals surface area contributed by atoms with Crippen LogP contribution in [0.4, 0.5) is 4.39 Å². The first kappa shape index (κ1) is 8.69. The first-order valence-electron chi connectivity index (χ1n) is 3.46. The van der Waals surface area contributed by atoms with Gasteiger partial charge < -0.3 is 4.74 Å². The van der Waals surface area contributed by atoms with E-state index in [4.69, 9.17) is 10.00 Å². The first-order valence-corrected chi connectivity index (χ1v) is 3.46. The van der Waals surface area contributed by atoms with Crippen molar-refractivity contribution in [2.75, 3.05) is 7.11 Å². The molecule has 2 nitrogen and oxygen atoms in total. The van der Waals surface area contributed by atoms with Gasteiger partial charge in [-0.3, -0.25) is 0 Å². The van der Waals surface area contributed by atoms with Crippen LogP contribution in [0, 0.1) is 17.1 Å². The lowest BCUT2D eigenvalue weighted by atomic mass is 10.1. The average Bonchev–Trinajstić information content (AvgIpc) is 2.10.